The fourth-order valence-electron chi connectivity index (χ4n) is 2.95. The van der Waals surface area contributed by atoms with E-state index in [1.165, 1.54) is 0 Å². The van der Waals surface area contributed by atoms with Crippen LogP contribution in [-0.4, -0.2) is 59.9 Å². The molecular weight excluding hydrogens is 268 g/mol. The number of hydrogen-bond donors (Lipinski definition) is 2. The second kappa shape index (κ2) is 8.71. The Balaban J connectivity index is 2.29. The molecule has 1 rings (SSSR count). The standard InChI is InChI=1S/C16H32N2O3/c1-5-9-17-16(4,15(19)20)8-6-7-10-18-11-13(2)21-14(3)12-18/h13-14,17H,5-12H2,1-4H3,(H,19,20)/t13-,14+,16?. The molecule has 21 heavy (non-hydrogen) atoms. The number of ether oxygens (including phenoxy) is 1. The molecule has 0 radical (unpaired) electrons. The first-order chi connectivity index (χ1) is 9.87. The molecule has 0 amide bonds. The maximum absolute atomic E-state index is 11.4. The van der Waals surface area contributed by atoms with Crippen LogP contribution in [0.1, 0.15) is 53.4 Å². The fourth-order valence-corrected chi connectivity index (χ4v) is 2.95. The van der Waals surface area contributed by atoms with Gasteiger partial charge in [0.25, 0.3) is 0 Å². The van der Waals surface area contributed by atoms with Gasteiger partial charge in [0.15, 0.2) is 0 Å². The topological polar surface area (TPSA) is 61.8 Å². The zero-order chi connectivity index (χ0) is 15.9. The highest BCUT2D eigenvalue weighted by atomic mass is 16.5. The van der Waals surface area contributed by atoms with Crippen LogP contribution < -0.4 is 5.32 Å². The third-order valence-electron chi connectivity index (χ3n) is 4.13. The molecule has 0 aliphatic carbocycles. The van der Waals surface area contributed by atoms with E-state index in [1.807, 2.05) is 0 Å². The second-order valence-electron chi connectivity index (χ2n) is 6.54. The first-order valence-corrected chi connectivity index (χ1v) is 8.23. The Bertz CT molecular complexity index is 315. The molecule has 5 nitrogen and oxygen atoms in total. The molecule has 1 heterocycles. The second-order valence-corrected chi connectivity index (χ2v) is 6.54. The lowest BCUT2D eigenvalue weighted by Gasteiger charge is -2.35. The summed E-state index contributed by atoms with van der Waals surface area (Å²) in [6.45, 7) is 11.8. The number of unbranched alkanes of at least 4 members (excludes halogenated alkanes) is 1. The fraction of sp³-hybridized carbons (Fsp3) is 0.938. The molecule has 1 fully saturated rings. The van der Waals surface area contributed by atoms with Gasteiger partial charge in [0, 0.05) is 13.1 Å². The largest absolute Gasteiger partial charge is 0.480 e. The van der Waals surface area contributed by atoms with Gasteiger partial charge in [0.05, 0.1) is 12.2 Å². The molecule has 0 bridgehead atoms. The van der Waals surface area contributed by atoms with Crippen molar-refractivity contribution in [3.8, 4) is 0 Å². The van der Waals surface area contributed by atoms with Gasteiger partial charge in [-0.3, -0.25) is 9.69 Å². The molecule has 0 aromatic heterocycles. The van der Waals surface area contributed by atoms with Gasteiger partial charge >= 0.3 is 5.97 Å². The number of aliphatic carboxylic acids is 1. The first-order valence-electron chi connectivity index (χ1n) is 8.23. The van der Waals surface area contributed by atoms with E-state index < -0.39 is 11.5 Å². The van der Waals surface area contributed by atoms with E-state index in [0.29, 0.717) is 18.6 Å². The van der Waals surface area contributed by atoms with Gasteiger partial charge in [0.1, 0.15) is 5.54 Å². The Morgan fingerprint density at radius 3 is 2.48 bits per heavy atom. The summed E-state index contributed by atoms with van der Waals surface area (Å²) in [5, 5.41) is 12.6. The van der Waals surface area contributed by atoms with Gasteiger partial charge in [-0.05, 0) is 59.5 Å². The molecule has 5 heteroatoms. The van der Waals surface area contributed by atoms with Crippen LogP contribution in [0.2, 0.25) is 0 Å². The van der Waals surface area contributed by atoms with Gasteiger partial charge in [0.2, 0.25) is 0 Å². The normalized spacial score (nSPS) is 26.5. The Kier molecular flexibility index (Phi) is 7.63. The molecule has 0 saturated carbocycles. The quantitative estimate of drug-likeness (QED) is 0.639. The molecule has 1 unspecified atom stereocenters. The van der Waals surface area contributed by atoms with Gasteiger partial charge < -0.3 is 15.2 Å². The highest BCUT2D eigenvalue weighted by molar-refractivity contribution is 5.78. The zero-order valence-electron chi connectivity index (χ0n) is 14.0. The van der Waals surface area contributed by atoms with Gasteiger partial charge in [-0.2, -0.15) is 0 Å². The van der Waals surface area contributed by atoms with Gasteiger partial charge in [-0.1, -0.05) is 6.92 Å². The molecule has 1 aliphatic rings. The summed E-state index contributed by atoms with van der Waals surface area (Å²) >= 11 is 0. The van der Waals surface area contributed by atoms with Gasteiger partial charge in [-0.15, -0.1) is 0 Å². The minimum atomic E-state index is -0.790. The van der Waals surface area contributed by atoms with Crippen molar-refractivity contribution >= 4 is 5.97 Å². The summed E-state index contributed by atoms with van der Waals surface area (Å²) in [4.78, 5) is 13.8. The zero-order valence-corrected chi connectivity index (χ0v) is 14.0. The van der Waals surface area contributed by atoms with E-state index in [-0.39, 0.29) is 0 Å². The number of nitrogens with one attached hydrogen (secondary N) is 1. The van der Waals surface area contributed by atoms with E-state index in [1.54, 1.807) is 6.92 Å². The predicted molar refractivity (Wildman–Crippen MR) is 84.6 cm³/mol. The summed E-state index contributed by atoms with van der Waals surface area (Å²) in [6.07, 6.45) is 4.19. The predicted octanol–water partition coefficient (Wildman–Crippen LogP) is 2.11. The van der Waals surface area contributed by atoms with Crippen LogP contribution in [0.3, 0.4) is 0 Å². The van der Waals surface area contributed by atoms with Crippen molar-refractivity contribution in [3.05, 3.63) is 0 Å². The molecule has 0 aromatic carbocycles. The highest BCUT2D eigenvalue weighted by Gasteiger charge is 2.31. The molecular formula is C16H32N2O3. The van der Waals surface area contributed by atoms with Crippen molar-refractivity contribution in [1.29, 1.82) is 0 Å². The van der Waals surface area contributed by atoms with Crippen LogP contribution in [0, 0.1) is 0 Å². The lowest BCUT2D eigenvalue weighted by atomic mass is 9.94. The maximum atomic E-state index is 11.4. The van der Waals surface area contributed by atoms with Crippen molar-refractivity contribution < 1.29 is 14.6 Å². The summed E-state index contributed by atoms with van der Waals surface area (Å²) in [7, 11) is 0. The highest BCUT2D eigenvalue weighted by Crippen LogP contribution is 2.16. The summed E-state index contributed by atoms with van der Waals surface area (Å²) < 4.78 is 5.72. The third kappa shape index (κ3) is 6.32. The van der Waals surface area contributed by atoms with Crippen LogP contribution in [0.4, 0.5) is 0 Å². The summed E-state index contributed by atoms with van der Waals surface area (Å²) in [5.41, 5.74) is -0.790. The number of carboxylic acids is 1. The third-order valence-corrected chi connectivity index (χ3v) is 4.13. The Hall–Kier alpha value is -0.650. The van der Waals surface area contributed by atoms with Crippen LogP contribution in [0.5, 0.6) is 0 Å². The lowest BCUT2D eigenvalue weighted by molar-refractivity contribution is -0.144. The van der Waals surface area contributed by atoms with Crippen molar-refractivity contribution in [3.63, 3.8) is 0 Å². The molecule has 1 aliphatic heterocycles. The monoisotopic (exact) mass is 300 g/mol. The number of nitrogens with zero attached hydrogens (tertiary/aromatic N) is 1. The minimum Gasteiger partial charge on any atom is -0.480 e. The Labute approximate surface area is 129 Å². The van der Waals surface area contributed by atoms with Crippen molar-refractivity contribution in [1.82, 2.24) is 10.2 Å². The number of carboxylic acid groups (broad SMARTS) is 1. The lowest BCUT2D eigenvalue weighted by Crippen LogP contribution is -2.50. The Morgan fingerprint density at radius 2 is 1.95 bits per heavy atom. The molecule has 124 valence electrons. The van der Waals surface area contributed by atoms with Crippen molar-refractivity contribution in [2.75, 3.05) is 26.2 Å². The number of morpholine rings is 1. The average Bonchev–Trinajstić information content (AvgIpc) is 2.40. The average molecular weight is 300 g/mol. The van der Waals surface area contributed by atoms with E-state index in [2.05, 4.69) is 31.0 Å². The van der Waals surface area contributed by atoms with Crippen LogP contribution >= 0.6 is 0 Å². The van der Waals surface area contributed by atoms with Crippen LogP contribution in [0.15, 0.2) is 0 Å². The number of carbonyl (C=O) groups is 1. The SMILES string of the molecule is CCCNC(C)(CCCCN1C[C@@H](C)O[C@@H](C)C1)C(=O)O. The van der Waals surface area contributed by atoms with Crippen molar-refractivity contribution in [2.45, 2.75) is 71.1 Å². The smallest absolute Gasteiger partial charge is 0.323 e. The number of hydrogen-bond acceptors (Lipinski definition) is 4. The molecule has 0 aromatic rings. The summed E-state index contributed by atoms with van der Waals surface area (Å²) in [5.74, 6) is -0.746. The van der Waals surface area contributed by atoms with E-state index in [0.717, 1.165) is 45.4 Å². The van der Waals surface area contributed by atoms with Gasteiger partial charge in [-0.25, -0.2) is 0 Å². The van der Waals surface area contributed by atoms with Crippen molar-refractivity contribution in [2.24, 2.45) is 0 Å². The van der Waals surface area contributed by atoms with E-state index in [4.69, 9.17) is 4.74 Å². The number of rotatable bonds is 9. The molecule has 3 atom stereocenters. The first kappa shape index (κ1) is 18.4. The van der Waals surface area contributed by atoms with E-state index >= 15 is 0 Å². The Morgan fingerprint density at radius 1 is 1.33 bits per heavy atom. The molecule has 1 saturated heterocycles. The van der Waals surface area contributed by atoms with Crippen LogP contribution in [-0.2, 0) is 9.53 Å². The minimum absolute atomic E-state index is 0.296. The molecule has 0 spiro atoms. The summed E-state index contributed by atoms with van der Waals surface area (Å²) in [6, 6.07) is 0. The maximum Gasteiger partial charge on any atom is 0.323 e. The van der Waals surface area contributed by atoms with Crippen LogP contribution in [0.25, 0.3) is 0 Å². The van der Waals surface area contributed by atoms with E-state index in [9.17, 15) is 9.90 Å². The molecule has 2 N–H and O–H groups in total.